The SMILES string of the molecule is BrC12C=CC(CC1)CC2. The Hall–Kier alpha value is 0.220. The molecule has 0 spiro atoms. The smallest absolute Gasteiger partial charge is 0.0437 e. The first-order chi connectivity index (χ1) is 4.29. The number of allylic oxidation sites excluding steroid dienone is 2. The fourth-order valence-electron chi connectivity index (χ4n) is 1.79. The monoisotopic (exact) mass is 186 g/mol. The number of hydrogen-bond donors (Lipinski definition) is 0. The summed E-state index contributed by atoms with van der Waals surface area (Å²) in [6.45, 7) is 0. The number of fused-ring (bicyclic) bond motifs is 2. The van der Waals surface area contributed by atoms with E-state index in [1.165, 1.54) is 25.7 Å². The van der Waals surface area contributed by atoms with Crippen LogP contribution in [0.15, 0.2) is 12.2 Å². The number of hydrogen-bond acceptors (Lipinski definition) is 0. The van der Waals surface area contributed by atoms with Gasteiger partial charge in [-0.1, -0.05) is 28.1 Å². The molecule has 0 nitrogen and oxygen atoms in total. The van der Waals surface area contributed by atoms with Gasteiger partial charge in [0.1, 0.15) is 0 Å². The Morgan fingerprint density at radius 2 is 2.00 bits per heavy atom. The molecule has 3 rings (SSSR count). The van der Waals surface area contributed by atoms with Gasteiger partial charge in [0.05, 0.1) is 0 Å². The molecule has 3 aliphatic carbocycles. The Morgan fingerprint density at radius 3 is 2.22 bits per heavy atom. The Labute approximate surface area is 64.5 Å². The van der Waals surface area contributed by atoms with E-state index < -0.39 is 0 Å². The fourth-order valence-corrected chi connectivity index (χ4v) is 2.40. The molecule has 50 valence electrons. The quantitative estimate of drug-likeness (QED) is 0.404. The lowest BCUT2D eigenvalue weighted by Gasteiger charge is -2.37. The van der Waals surface area contributed by atoms with Gasteiger partial charge in [-0.3, -0.25) is 0 Å². The first-order valence-electron chi connectivity index (χ1n) is 3.67. The van der Waals surface area contributed by atoms with Gasteiger partial charge in [-0.2, -0.15) is 0 Å². The number of alkyl halides is 1. The Kier molecular flexibility index (Phi) is 1.23. The molecule has 1 saturated carbocycles. The minimum absolute atomic E-state index is 0.418. The van der Waals surface area contributed by atoms with Crippen molar-refractivity contribution in [3.8, 4) is 0 Å². The van der Waals surface area contributed by atoms with Crippen molar-refractivity contribution in [1.82, 2.24) is 0 Å². The maximum absolute atomic E-state index is 3.75. The third-order valence-electron chi connectivity index (χ3n) is 2.53. The van der Waals surface area contributed by atoms with Crippen LogP contribution in [0, 0.1) is 5.92 Å². The second kappa shape index (κ2) is 1.85. The second-order valence-corrected chi connectivity index (χ2v) is 4.81. The van der Waals surface area contributed by atoms with Crippen molar-refractivity contribution in [3.05, 3.63) is 12.2 Å². The molecule has 9 heavy (non-hydrogen) atoms. The van der Waals surface area contributed by atoms with Crippen molar-refractivity contribution in [3.63, 3.8) is 0 Å². The lowest BCUT2D eigenvalue weighted by molar-refractivity contribution is 0.361. The van der Waals surface area contributed by atoms with E-state index in [2.05, 4.69) is 28.1 Å². The Bertz CT molecular complexity index is 141. The van der Waals surface area contributed by atoms with Crippen molar-refractivity contribution >= 4 is 15.9 Å². The molecule has 0 aliphatic heterocycles. The lowest BCUT2D eigenvalue weighted by Crippen LogP contribution is -2.29. The zero-order valence-corrected chi connectivity index (χ0v) is 7.02. The molecule has 1 heteroatoms. The van der Waals surface area contributed by atoms with Crippen LogP contribution in [0.1, 0.15) is 25.7 Å². The molecular weight excluding hydrogens is 176 g/mol. The van der Waals surface area contributed by atoms with Crippen molar-refractivity contribution in [2.24, 2.45) is 5.92 Å². The maximum atomic E-state index is 3.75. The molecule has 0 aromatic rings. The molecule has 0 heterocycles. The summed E-state index contributed by atoms with van der Waals surface area (Å²) in [5.41, 5.74) is 0. The van der Waals surface area contributed by atoms with Crippen LogP contribution in [-0.2, 0) is 0 Å². The molecule has 0 aromatic carbocycles. The maximum Gasteiger partial charge on any atom is 0.0437 e. The molecule has 0 aromatic heterocycles. The first-order valence-corrected chi connectivity index (χ1v) is 4.46. The van der Waals surface area contributed by atoms with Gasteiger partial charge in [-0.25, -0.2) is 0 Å². The largest absolute Gasteiger partial charge is 0.0840 e. The summed E-state index contributed by atoms with van der Waals surface area (Å²) in [5, 5.41) is 0. The highest BCUT2D eigenvalue weighted by Crippen LogP contribution is 2.44. The highest BCUT2D eigenvalue weighted by Gasteiger charge is 2.33. The van der Waals surface area contributed by atoms with Crippen molar-refractivity contribution < 1.29 is 0 Å². The standard InChI is InChI=1S/C8H11Br/c9-8-4-1-7(2-5-8)3-6-8/h1,4,7H,2-3,5-6H2. The Morgan fingerprint density at radius 1 is 1.33 bits per heavy atom. The summed E-state index contributed by atoms with van der Waals surface area (Å²) in [6, 6.07) is 0. The predicted molar refractivity (Wildman–Crippen MR) is 42.8 cm³/mol. The van der Waals surface area contributed by atoms with Gasteiger partial charge in [0.2, 0.25) is 0 Å². The van der Waals surface area contributed by atoms with Gasteiger partial charge in [0, 0.05) is 4.32 Å². The molecule has 0 radical (unpaired) electrons. The van der Waals surface area contributed by atoms with E-state index in [9.17, 15) is 0 Å². The van der Waals surface area contributed by atoms with E-state index in [4.69, 9.17) is 0 Å². The summed E-state index contributed by atoms with van der Waals surface area (Å²) in [5.74, 6) is 0.921. The van der Waals surface area contributed by atoms with Crippen LogP contribution in [0.5, 0.6) is 0 Å². The second-order valence-electron chi connectivity index (χ2n) is 3.23. The van der Waals surface area contributed by atoms with Gasteiger partial charge >= 0.3 is 0 Å². The first kappa shape index (κ1) is 5.96. The molecule has 0 atom stereocenters. The molecule has 1 fully saturated rings. The van der Waals surface area contributed by atoms with Gasteiger partial charge in [-0.15, -0.1) is 0 Å². The van der Waals surface area contributed by atoms with Crippen molar-refractivity contribution in [2.75, 3.05) is 0 Å². The van der Waals surface area contributed by atoms with E-state index >= 15 is 0 Å². The van der Waals surface area contributed by atoms with Gasteiger partial charge in [0.15, 0.2) is 0 Å². The fraction of sp³-hybridized carbons (Fsp3) is 0.750. The highest BCUT2D eigenvalue weighted by molar-refractivity contribution is 9.10. The molecular formula is C8H11Br. The van der Waals surface area contributed by atoms with Gasteiger partial charge < -0.3 is 0 Å². The van der Waals surface area contributed by atoms with Crippen LogP contribution in [0.2, 0.25) is 0 Å². The summed E-state index contributed by atoms with van der Waals surface area (Å²) < 4.78 is 0.418. The zero-order chi connectivity index (χ0) is 6.32. The van der Waals surface area contributed by atoms with E-state index in [1.54, 1.807) is 0 Å². The number of halogens is 1. The van der Waals surface area contributed by atoms with Crippen molar-refractivity contribution in [1.29, 1.82) is 0 Å². The topological polar surface area (TPSA) is 0 Å². The van der Waals surface area contributed by atoms with E-state index in [-0.39, 0.29) is 0 Å². The summed E-state index contributed by atoms with van der Waals surface area (Å²) in [4.78, 5) is 0. The molecule has 2 bridgehead atoms. The third-order valence-corrected chi connectivity index (χ3v) is 3.59. The minimum atomic E-state index is 0.418. The lowest BCUT2D eigenvalue weighted by atomic mass is 9.76. The molecule has 0 saturated heterocycles. The minimum Gasteiger partial charge on any atom is -0.0840 e. The van der Waals surface area contributed by atoms with Crippen LogP contribution in [-0.4, -0.2) is 4.32 Å². The van der Waals surface area contributed by atoms with Gasteiger partial charge in [-0.05, 0) is 31.6 Å². The number of rotatable bonds is 0. The average molecular weight is 187 g/mol. The highest BCUT2D eigenvalue weighted by atomic mass is 79.9. The van der Waals surface area contributed by atoms with Crippen LogP contribution in [0.4, 0.5) is 0 Å². The third kappa shape index (κ3) is 0.958. The van der Waals surface area contributed by atoms with Crippen LogP contribution in [0.3, 0.4) is 0 Å². The van der Waals surface area contributed by atoms with E-state index in [0.717, 1.165) is 5.92 Å². The summed E-state index contributed by atoms with van der Waals surface area (Å²) in [6.07, 6.45) is 10.2. The van der Waals surface area contributed by atoms with Crippen LogP contribution < -0.4 is 0 Å². The van der Waals surface area contributed by atoms with Crippen LogP contribution in [0.25, 0.3) is 0 Å². The molecule has 3 aliphatic rings. The molecule has 0 amide bonds. The van der Waals surface area contributed by atoms with E-state index in [1.807, 2.05) is 0 Å². The predicted octanol–water partition coefficient (Wildman–Crippen LogP) is 2.88. The van der Waals surface area contributed by atoms with Crippen molar-refractivity contribution in [2.45, 2.75) is 30.0 Å². The molecule has 0 N–H and O–H groups in total. The van der Waals surface area contributed by atoms with Crippen LogP contribution >= 0.6 is 15.9 Å². The summed E-state index contributed by atoms with van der Waals surface area (Å²) >= 11 is 3.75. The van der Waals surface area contributed by atoms with E-state index in [0.29, 0.717) is 4.32 Å². The molecule has 0 unspecified atom stereocenters. The summed E-state index contributed by atoms with van der Waals surface area (Å²) in [7, 11) is 0. The Balaban J connectivity index is 2.28. The zero-order valence-electron chi connectivity index (χ0n) is 5.44. The normalized spacial score (nSPS) is 47.9. The van der Waals surface area contributed by atoms with Gasteiger partial charge in [0.25, 0.3) is 0 Å². The average Bonchev–Trinajstić information content (AvgIpc) is 1.90.